The standard InChI is InChI=1S/C18H20N4O5/c1-11(23)21-7-12-6-20(9-18(12,10-21)17(26)27)8-13-5-15(25)22-4-2-3-14(24)16(22)19-13/h2-5,12,24H,6-10H2,1H3,(H,26,27)/t12-,18-/m1/s1. The molecule has 27 heavy (non-hydrogen) atoms. The largest absolute Gasteiger partial charge is 0.504 e. The molecule has 2 aromatic rings. The number of carboxylic acid groups (broad SMARTS) is 1. The zero-order chi connectivity index (χ0) is 19.3. The van der Waals surface area contributed by atoms with Crippen molar-refractivity contribution < 1.29 is 19.8 Å². The zero-order valence-corrected chi connectivity index (χ0v) is 14.8. The molecule has 0 spiro atoms. The number of carboxylic acids is 1. The molecular weight excluding hydrogens is 352 g/mol. The average Bonchev–Trinajstić information content (AvgIpc) is 3.11. The molecule has 2 aliphatic heterocycles. The minimum atomic E-state index is -0.986. The van der Waals surface area contributed by atoms with Gasteiger partial charge in [-0.2, -0.15) is 0 Å². The number of likely N-dealkylation sites (tertiary alicyclic amines) is 2. The van der Waals surface area contributed by atoms with Crippen LogP contribution in [0.25, 0.3) is 5.65 Å². The molecule has 2 fully saturated rings. The van der Waals surface area contributed by atoms with Crippen molar-refractivity contribution in [3.05, 3.63) is 40.4 Å². The fourth-order valence-electron chi connectivity index (χ4n) is 4.30. The van der Waals surface area contributed by atoms with Gasteiger partial charge in [-0.3, -0.25) is 23.7 Å². The van der Waals surface area contributed by atoms with Crippen molar-refractivity contribution in [1.29, 1.82) is 0 Å². The van der Waals surface area contributed by atoms with Crippen LogP contribution < -0.4 is 5.56 Å². The van der Waals surface area contributed by atoms with Gasteiger partial charge in [-0.15, -0.1) is 0 Å². The lowest BCUT2D eigenvalue weighted by Crippen LogP contribution is -2.41. The van der Waals surface area contributed by atoms with Crippen molar-refractivity contribution in [3.63, 3.8) is 0 Å². The molecule has 2 N–H and O–H groups in total. The van der Waals surface area contributed by atoms with Crippen LogP contribution in [0.5, 0.6) is 5.75 Å². The molecule has 1 amide bonds. The number of aromatic nitrogens is 2. The van der Waals surface area contributed by atoms with Gasteiger partial charge in [0, 0.05) is 57.8 Å². The molecular formula is C18H20N4O5. The number of aromatic hydroxyl groups is 1. The van der Waals surface area contributed by atoms with Gasteiger partial charge >= 0.3 is 5.97 Å². The number of fused-ring (bicyclic) bond motifs is 2. The third-order valence-electron chi connectivity index (χ3n) is 5.66. The van der Waals surface area contributed by atoms with Crippen LogP contribution in [0.2, 0.25) is 0 Å². The number of hydrogen-bond acceptors (Lipinski definition) is 6. The summed E-state index contributed by atoms with van der Waals surface area (Å²) in [5.41, 5.74) is -0.638. The first kappa shape index (κ1) is 17.5. The summed E-state index contributed by atoms with van der Waals surface area (Å²) in [5, 5.41) is 19.8. The first-order chi connectivity index (χ1) is 12.8. The van der Waals surface area contributed by atoms with E-state index in [0.29, 0.717) is 31.9 Å². The number of carbonyl (C=O) groups excluding carboxylic acids is 1. The molecule has 9 nitrogen and oxygen atoms in total. The maximum Gasteiger partial charge on any atom is 0.313 e. The second-order valence-electron chi connectivity index (χ2n) is 7.40. The molecule has 0 unspecified atom stereocenters. The fraction of sp³-hybridized carbons (Fsp3) is 0.444. The van der Waals surface area contributed by atoms with Gasteiger partial charge in [0.05, 0.1) is 5.69 Å². The first-order valence-electron chi connectivity index (χ1n) is 8.72. The average molecular weight is 372 g/mol. The predicted molar refractivity (Wildman–Crippen MR) is 94.2 cm³/mol. The molecule has 0 radical (unpaired) electrons. The van der Waals surface area contributed by atoms with Gasteiger partial charge in [0.2, 0.25) is 5.91 Å². The van der Waals surface area contributed by atoms with E-state index in [-0.39, 0.29) is 35.3 Å². The van der Waals surface area contributed by atoms with Crippen molar-refractivity contribution in [3.8, 4) is 5.75 Å². The van der Waals surface area contributed by atoms with Gasteiger partial charge < -0.3 is 15.1 Å². The Balaban J connectivity index is 1.60. The quantitative estimate of drug-likeness (QED) is 0.764. The van der Waals surface area contributed by atoms with Crippen LogP contribution in [0.3, 0.4) is 0 Å². The van der Waals surface area contributed by atoms with Crippen LogP contribution >= 0.6 is 0 Å². The molecule has 4 rings (SSSR count). The highest BCUT2D eigenvalue weighted by molar-refractivity contribution is 5.80. The Labute approximate surface area is 154 Å². The van der Waals surface area contributed by atoms with Crippen LogP contribution in [-0.2, 0) is 16.1 Å². The Kier molecular flexibility index (Phi) is 3.92. The Hall–Kier alpha value is -2.94. The molecule has 0 saturated carbocycles. The number of nitrogens with zero attached hydrogens (tertiary/aromatic N) is 4. The third kappa shape index (κ3) is 2.74. The van der Waals surface area contributed by atoms with Gasteiger partial charge in [-0.05, 0) is 12.1 Å². The summed E-state index contributed by atoms with van der Waals surface area (Å²) in [7, 11) is 0. The third-order valence-corrected chi connectivity index (χ3v) is 5.66. The molecule has 142 valence electrons. The lowest BCUT2D eigenvalue weighted by atomic mass is 9.81. The molecule has 0 aromatic carbocycles. The summed E-state index contributed by atoms with van der Waals surface area (Å²) in [4.78, 5) is 43.8. The van der Waals surface area contributed by atoms with Crippen molar-refractivity contribution in [1.82, 2.24) is 19.2 Å². The number of carbonyl (C=O) groups is 2. The minimum absolute atomic E-state index is 0.0890. The summed E-state index contributed by atoms with van der Waals surface area (Å²) < 4.78 is 1.26. The van der Waals surface area contributed by atoms with E-state index in [9.17, 15) is 24.6 Å². The Bertz CT molecular complexity index is 1000. The van der Waals surface area contributed by atoms with Crippen molar-refractivity contribution >= 4 is 17.5 Å². The van der Waals surface area contributed by atoms with Gasteiger partial charge in [0.25, 0.3) is 5.56 Å². The highest BCUT2D eigenvalue weighted by Gasteiger charge is 2.58. The van der Waals surface area contributed by atoms with Gasteiger partial charge in [-0.1, -0.05) is 0 Å². The Morgan fingerprint density at radius 1 is 1.33 bits per heavy atom. The van der Waals surface area contributed by atoms with E-state index in [4.69, 9.17) is 0 Å². The van der Waals surface area contributed by atoms with Crippen LogP contribution in [0.15, 0.2) is 29.2 Å². The van der Waals surface area contributed by atoms with Crippen LogP contribution in [0, 0.1) is 11.3 Å². The maximum atomic E-state index is 12.3. The summed E-state index contributed by atoms with van der Waals surface area (Å²) in [6.07, 6.45) is 1.53. The van der Waals surface area contributed by atoms with E-state index >= 15 is 0 Å². The molecule has 2 aliphatic rings. The Morgan fingerprint density at radius 2 is 2.11 bits per heavy atom. The van der Waals surface area contributed by atoms with E-state index in [1.54, 1.807) is 11.0 Å². The highest BCUT2D eigenvalue weighted by atomic mass is 16.4. The van der Waals surface area contributed by atoms with Gasteiger partial charge in [0.15, 0.2) is 11.4 Å². The normalized spacial score (nSPS) is 25.1. The second-order valence-corrected chi connectivity index (χ2v) is 7.40. The van der Waals surface area contributed by atoms with E-state index in [1.165, 1.54) is 29.7 Å². The van der Waals surface area contributed by atoms with Crippen LogP contribution in [0.4, 0.5) is 0 Å². The highest BCUT2D eigenvalue weighted by Crippen LogP contribution is 2.43. The molecule has 9 heteroatoms. The molecule has 0 bridgehead atoms. The second kappa shape index (κ2) is 6.05. The van der Waals surface area contributed by atoms with E-state index < -0.39 is 11.4 Å². The minimum Gasteiger partial charge on any atom is -0.504 e. The molecule has 2 atom stereocenters. The smallest absolute Gasteiger partial charge is 0.313 e. The van der Waals surface area contributed by atoms with Crippen LogP contribution in [0.1, 0.15) is 12.6 Å². The van der Waals surface area contributed by atoms with Crippen molar-refractivity contribution in [2.75, 3.05) is 26.2 Å². The van der Waals surface area contributed by atoms with E-state index in [0.717, 1.165) is 0 Å². The summed E-state index contributed by atoms with van der Waals surface area (Å²) in [6.45, 7) is 3.19. The van der Waals surface area contributed by atoms with Crippen molar-refractivity contribution in [2.24, 2.45) is 11.3 Å². The molecule has 4 heterocycles. The monoisotopic (exact) mass is 372 g/mol. The van der Waals surface area contributed by atoms with Crippen LogP contribution in [-0.4, -0.2) is 67.5 Å². The van der Waals surface area contributed by atoms with Gasteiger partial charge in [-0.25, -0.2) is 4.98 Å². The summed E-state index contributed by atoms with van der Waals surface area (Å²) >= 11 is 0. The number of hydrogen-bond donors (Lipinski definition) is 2. The van der Waals surface area contributed by atoms with Crippen molar-refractivity contribution in [2.45, 2.75) is 13.5 Å². The number of rotatable bonds is 3. The maximum absolute atomic E-state index is 12.3. The summed E-state index contributed by atoms with van der Waals surface area (Å²) in [5.74, 6) is -1.26. The fourth-order valence-corrected chi connectivity index (χ4v) is 4.30. The van der Waals surface area contributed by atoms with E-state index in [2.05, 4.69) is 4.98 Å². The summed E-state index contributed by atoms with van der Waals surface area (Å²) in [6, 6.07) is 4.42. The number of amides is 1. The number of pyridine rings is 1. The molecule has 2 saturated heterocycles. The lowest BCUT2D eigenvalue weighted by molar-refractivity contribution is -0.149. The van der Waals surface area contributed by atoms with E-state index in [1.807, 2.05) is 4.90 Å². The first-order valence-corrected chi connectivity index (χ1v) is 8.72. The number of aliphatic carboxylic acids is 1. The Morgan fingerprint density at radius 3 is 2.78 bits per heavy atom. The zero-order valence-electron chi connectivity index (χ0n) is 14.8. The SMILES string of the molecule is CC(=O)N1C[C@H]2CN(Cc3cc(=O)n4cccc(O)c4n3)C[C@@]2(C(=O)O)C1. The molecule has 2 aromatic heterocycles. The predicted octanol–water partition coefficient (Wildman–Crippen LogP) is -0.235. The molecule has 0 aliphatic carbocycles. The topological polar surface area (TPSA) is 115 Å². The van der Waals surface area contributed by atoms with Gasteiger partial charge in [0.1, 0.15) is 5.41 Å². The lowest BCUT2D eigenvalue weighted by Gasteiger charge is -2.24.